The quantitative estimate of drug-likeness (QED) is 0.641. The van der Waals surface area contributed by atoms with Crippen molar-refractivity contribution in [2.45, 2.75) is 37.5 Å². The van der Waals surface area contributed by atoms with Gasteiger partial charge in [-0.1, -0.05) is 35.8 Å². The zero-order valence-electron chi connectivity index (χ0n) is 14.9. The number of hydrogen-bond acceptors (Lipinski definition) is 4. The van der Waals surface area contributed by atoms with Crippen LogP contribution in [-0.4, -0.2) is 32.8 Å². The van der Waals surface area contributed by atoms with Crippen LogP contribution in [0.25, 0.3) is 10.8 Å². The molecule has 0 spiro atoms. The van der Waals surface area contributed by atoms with Crippen molar-refractivity contribution >= 4 is 31.2 Å². The Hall–Kier alpha value is -1.24. The maximum Gasteiger partial charge on any atom is 0.273 e. The van der Waals surface area contributed by atoms with Gasteiger partial charge in [-0.3, -0.25) is 0 Å². The minimum Gasteiger partial charge on any atom is -0.494 e. The zero-order chi connectivity index (χ0) is 17.9. The molecule has 0 saturated carbocycles. The highest BCUT2D eigenvalue weighted by Crippen LogP contribution is 2.62. The molecule has 25 heavy (non-hydrogen) atoms. The van der Waals surface area contributed by atoms with Gasteiger partial charge in [-0.2, -0.15) is 8.42 Å². The molecule has 6 heteroatoms. The van der Waals surface area contributed by atoms with Crippen LogP contribution in [0.3, 0.4) is 0 Å². The van der Waals surface area contributed by atoms with Crippen LogP contribution in [0.4, 0.5) is 0 Å². The molecule has 1 aliphatic heterocycles. The third kappa shape index (κ3) is 4.49. The van der Waals surface area contributed by atoms with Gasteiger partial charge in [0.1, 0.15) is 5.75 Å². The van der Waals surface area contributed by atoms with E-state index in [4.69, 9.17) is 8.37 Å². The second-order valence-corrected chi connectivity index (χ2v) is 11.4. The summed E-state index contributed by atoms with van der Waals surface area (Å²) in [6.07, 6.45) is 5.36. The molecule has 138 valence electrons. The maximum atomic E-state index is 11.8. The second-order valence-electron chi connectivity index (χ2n) is 6.57. The number of fused-ring (bicyclic) bond motifs is 1. The van der Waals surface area contributed by atoms with Crippen molar-refractivity contribution in [3.05, 3.63) is 36.4 Å². The standard InChI is InChI=1S/C19H26O4S2/c1-3-4-11-22-18-9-7-17-15-19(10-8-16(17)14-18)25(12-5-6-13-25)23-24(2,20)21/h7-10,14-15H,3-6,11-13H2,1-2H3. The molecular weight excluding hydrogens is 356 g/mol. The number of unbranched alkanes of at least 4 members (excludes halogenated alkanes) is 1. The average Bonchev–Trinajstić information content (AvgIpc) is 3.02. The molecule has 0 unspecified atom stereocenters. The van der Waals surface area contributed by atoms with E-state index < -0.39 is 20.4 Å². The van der Waals surface area contributed by atoms with E-state index in [1.54, 1.807) is 0 Å². The molecule has 1 saturated heterocycles. The Labute approximate surface area is 152 Å². The minimum atomic E-state index is -3.47. The van der Waals surface area contributed by atoms with Gasteiger partial charge in [-0.15, -0.1) is 0 Å². The monoisotopic (exact) mass is 382 g/mol. The highest BCUT2D eigenvalue weighted by Gasteiger charge is 2.35. The number of ether oxygens (including phenoxy) is 1. The summed E-state index contributed by atoms with van der Waals surface area (Å²) in [6, 6.07) is 12.2. The summed E-state index contributed by atoms with van der Waals surface area (Å²) in [7, 11) is -5.21. The van der Waals surface area contributed by atoms with Gasteiger partial charge in [0.05, 0.1) is 12.9 Å². The van der Waals surface area contributed by atoms with Gasteiger partial charge < -0.3 is 4.74 Å². The molecule has 2 aromatic carbocycles. The van der Waals surface area contributed by atoms with Gasteiger partial charge in [0.2, 0.25) is 0 Å². The lowest BCUT2D eigenvalue weighted by molar-refractivity contribution is 0.310. The van der Waals surface area contributed by atoms with Gasteiger partial charge in [-0.05, 0) is 54.3 Å². The minimum absolute atomic E-state index is 0.732. The fourth-order valence-electron chi connectivity index (χ4n) is 3.21. The smallest absolute Gasteiger partial charge is 0.273 e. The molecule has 0 amide bonds. The first-order valence-corrected chi connectivity index (χ1v) is 12.5. The number of benzene rings is 2. The van der Waals surface area contributed by atoms with E-state index >= 15 is 0 Å². The number of hydrogen-bond donors (Lipinski definition) is 0. The zero-order valence-corrected chi connectivity index (χ0v) is 16.5. The molecule has 0 aromatic heterocycles. The second kappa shape index (κ2) is 7.56. The predicted molar refractivity (Wildman–Crippen MR) is 105 cm³/mol. The van der Waals surface area contributed by atoms with Gasteiger partial charge in [-0.25, -0.2) is 3.63 Å². The topological polar surface area (TPSA) is 52.6 Å². The Kier molecular flexibility index (Phi) is 5.61. The summed E-state index contributed by atoms with van der Waals surface area (Å²) in [5, 5.41) is 2.20. The maximum absolute atomic E-state index is 11.8. The van der Waals surface area contributed by atoms with Crippen LogP contribution in [0.1, 0.15) is 32.6 Å². The summed E-state index contributed by atoms with van der Waals surface area (Å²) in [6.45, 7) is 2.88. The molecule has 0 atom stereocenters. The van der Waals surface area contributed by atoms with Crippen LogP contribution >= 0.6 is 10.3 Å². The SMILES string of the molecule is CCCCOc1ccc2cc(S3(OS(C)(=O)=O)CCCC3)ccc2c1. The van der Waals surface area contributed by atoms with E-state index in [1.165, 1.54) is 0 Å². The lowest BCUT2D eigenvalue weighted by Crippen LogP contribution is -2.12. The van der Waals surface area contributed by atoms with Crippen LogP contribution in [0.2, 0.25) is 0 Å². The molecular formula is C19H26O4S2. The normalized spacial score (nSPS) is 18.3. The first-order chi connectivity index (χ1) is 11.9. The fourth-order valence-corrected chi connectivity index (χ4v) is 8.64. The van der Waals surface area contributed by atoms with E-state index in [9.17, 15) is 8.42 Å². The molecule has 3 rings (SSSR count). The van der Waals surface area contributed by atoms with Gasteiger partial charge >= 0.3 is 0 Å². The highest BCUT2D eigenvalue weighted by molar-refractivity contribution is 8.33. The van der Waals surface area contributed by atoms with Crippen molar-refractivity contribution < 1.29 is 16.8 Å². The Morgan fingerprint density at radius 1 is 1.04 bits per heavy atom. The van der Waals surface area contributed by atoms with Crippen LogP contribution in [0.15, 0.2) is 41.3 Å². The molecule has 2 aromatic rings. The van der Waals surface area contributed by atoms with E-state index in [0.29, 0.717) is 0 Å². The van der Waals surface area contributed by atoms with Crippen LogP contribution < -0.4 is 4.74 Å². The summed E-state index contributed by atoms with van der Waals surface area (Å²) in [5.74, 6) is 2.53. The molecule has 0 radical (unpaired) electrons. The highest BCUT2D eigenvalue weighted by atomic mass is 32.3. The molecule has 0 bridgehead atoms. The van der Waals surface area contributed by atoms with Gasteiger partial charge in [0.15, 0.2) is 0 Å². The lowest BCUT2D eigenvalue weighted by atomic mass is 10.1. The van der Waals surface area contributed by atoms with Crippen LogP contribution in [0.5, 0.6) is 5.75 Å². The van der Waals surface area contributed by atoms with Crippen molar-refractivity contribution in [1.29, 1.82) is 0 Å². The molecule has 1 aliphatic rings. The summed E-state index contributed by atoms with van der Waals surface area (Å²) >= 11 is 0. The Morgan fingerprint density at radius 2 is 1.72 bits per heavy atom. The first kappa shape index (κ1) is 18.5. The van der Waals surface area contributed by atoms with Gasteiger partial charge in [0, 0.05) is 16.4 Å². The van der Waals surface area contributed by atoms with E-state index in [2.05, 4.69) is 19.1 Å². The van der Waals surface area contributed by atoms with Crippen LogP contribution in [0, 0.1) is 0 Å². The Bertz CT molecular complexity index is 840. The Balaban J connectivity index is 1.90. The van der Waals surface area contributed by atoms with E-state index in [-0.39, 0.29) is 0 Å². The van der Waals surface area contributed by atoms with Crippen molar-refractivity contribution in [2.24, 2.45) is 0 Å². The third-order valence-corrected chi connectivity index (χ3v) is 9.47. The fraction of sp³-hybridized carbons (Fsp3) is 0.474. The van der Waals surface area contributed by atoms with Crippen LogP contribution in [-0.2, 0) is 13.7 Å². The molecule has 4 nitrogen and oxygen atoms in total. The third-order valence-electron chi connectivity index (χ3n) is 4.43. The molecule has 0 aliphatic carbocycles. The number of rotatable bonds is 7. The van der Waals surface area contributed by atoms with Crippen molar-refractivity contribution in [2.75, 3.05) is 24.4 Å². The summed E-state index contributed by atoms with van der Waals surface area (Å²) in [5.41, 5.74) is 0. The summed E-state index contributed by atoms with van der Waals surface area (Å²) < 4.78 is 35.0. The largest absolute Gasteiger partial charge is 0.494 e. The van der Waals surface area contributed by atoms with Crippen molar-refractivity contribution in [3.8, 4) is 5.75 Å². The molecule has 1 fully saturated rings. The Morgan fingerprint density at radius 3 is 2.40 bits per heavy atom. The first-order valence-electron chi connectivity index (χ1n) is 8.78. The molecule has 1 heterocycles. The summed E-state index contributed by atoms with van der Waals surface area (Å²) in [4.78, 5) is 1.03. The molecule has 0 N–H and O–H groups in total. The van der Waals surface area contributed by atoms with E-state index in [0.717, 1.165) is 71.5 Å². The predicted octanol–water partition coefficient (Wildman–Crippen LogP) is 4.87. The van der Waals surface area contributed by atoms with Crippen molar-refractivity contribution in [1.82, 2.24) is 0 Å². The average molecular weight is 383 g/mol. The van der Waals surface area contributed by atoms with E-state index in [1.807, 2.05) is 24.3 Å². The van der Waals surface area contributed by atoms with Gasteiger partial charge in [0.25, 0.3) is 10.1 Å². The lowest BCUT2D eigenvalue weighted by Gasteiger charge is -2.34. The van der Waals surface area contributed by atoms with Crippen molar-refractivity contribution in [3.63, 3.8) is 0 Å².